The van der Waals surface area contributed by atoms with E-state index in [-0.39, 0.29) is 11.1 Å². The summed E-state index contributed by atoms with van der Waals surface area (Å²) in [6.45, 7) is 0. The molecule has 0 radical (unpaired) electrons. The Kier molecular flexibility index (Phi) is 2.89. The van der Waals surface area contributed by atoms with Crippen LogP contribution in [0.5, 0.6) is 0 Å². The molecule has 0 aliphatic rings. The van der Waals surface area contributed by atoms with Gasteiger partial charge in [0.1, 0.15) is 10.6 Å². The molecule has 2 aromatic carbocycles. The van der Waals surface area contributed by atoms with E-state index in [1.165, 1.54) is 18.2 Å². The van der Waals surface area contributed by atoms with Gasteiger partial charge in [-0.15, -0.1) is 5.43 Å². The number of nitrogens with zero attached hydrogens (tertiary/aromatic N) is 1. The van der Waals surface area contributed by atoms with Gasteiger partial charge in [0.25, 0.3) is 10.1 Å². The minimum Gasteiger partial charge on any atom is -0.282 e. The van der Waals surface area contributed by atoms with E-state index in [4.69, 9.17) is 0 Å². The van der Waals surface area contributed by atoms with Crippen LogP contribution >= 0.6 is 0 Å². The average molecular weight is 268 g/mol. The highest BCUT2D eigenvalue weighted by molar-refractivity contribution is 7.86. The van der Waals surface area contributed by atoms with Gasteiger partial charge in [-0.2, -0.15) is 8.42 Å². The minimum absolute atomic E-state index is 0.215. The predicted octanol–water partition coefficient (Wildman–Crippen LogP) is 1.69. The van der Waals surface area contributed by atoms with Crippen molar-refractivity contribution in [2.75, 3.05) is 5.43 Å². The van der Waals surface area contributed by atoms with Crippen molar-refractivity contribution < 1.29 is 18.0 Å². The van der Waals surface area contributed by atoms with Crippen LogP contribution in [0.15, 0.2) is 41.3 Å². The van der Waals surface area contributed by atoms with E-state index < -0.39 is 20.0 Å². The van der Waals surface area contributed by atoms with Gasteiger partial charge < -0.3 is 0 Å². The number of hydrazine groups is 1. The van der Waals surface area contributed by atoms with Gasteiger partial charge >= 0.3 is 0 Å². The first-order chi connectivity index (χ1) is 8.39. The van der Waals surface area contributed by atoms with E-state index in [2.05, 4.69) is 0 Å². The summed E-state index contributed by atoms with van der Waals surface area (Å²) in [5.74, 6) is 0. The van der Waals surface area contributed by atoms with Crippen LogP contribution in [0.25, 0.3) is 10.8 Å². The average Bonchev–Trinajstić information content (AvgIpc) is 2.26. The zero-order chi connectivity index (χ0) is 13.3. The lowest BCUT2D eigenvalue weighted by molar-refractivity contribution is -0.445. The molecule has 8 heteroatoms. The van der Waals surface area contributed by atoms with Crippen molar-refractivity contribution in [3.8, 4) is 0 Å². The number of hydrogen-bond donors (Lipinski definition) is 2. The minimum atomic E-state index is -4.57. The second kappa shape index (κ2) is 4.24. The Balaban J connectivity index is 2.84. The lowest BCUT2D eigenvalue weighted by Crippen LogP contribution is -2.12. The fourth-order valence-electron chi connectivity index (χ4n) is 1.71. The van der Waals surface area contributed by atoms with Crippen molar-refractivity contribution in [3.63, 3.8) is 0 Å². The second-order valence-electron chi connectivity index (χ2n) is 3.51. The van der Waals surface area contributed by atoms with Crippen LogP contribution in [-0.4, -0.2) is 18.0 Å². The molecule has 18 heavy (non-hydrogen) atoms. The lowest BCUT2D eigenvalue weighted by atomic mass is 10.1. The van der Waals surface area contributed by atoms with Crippen LogP contribution in [0.3, 0.4) is 0 Å². The summed E-state index contributed by atoms with van der Waals surface area (Å²) in [7, 11) is -4.57. The zero-order valence-corrected chi connectivity index (χ0v) is 9.72. The van der Waals surface area contributed by atoms with Gasteiger partial charge in [-0.05, 0) is 11.5 Å². The smallest absolute Gasteiger partial charge is 0.282 e. The Morgan fingerprint density at radius 2 is 1.83 bits per heavy atom. The molecular weight excluding hydrogens is 260 g/mol. The van der Waals surface area contributed by atoms with Gasteiger partial charge in [0, 0.05) is 5.39 Å². The zero-order valence-electron chi connectivity index (χ0n) is 8.90. The molecule has 0 atom stereocenters. The molecule has 0 saturated carbocycles. The Bertz CT molecular complexity index is 726. The second-order valence-corrected chi connectivity index (χ2v) is 4.87. The number of hydrogen-bond acceptors (Lipinski definition) is 4. The molecule has 0 aromatic heterocycles. The molecule has 2 N–H and O–H groups in total. The standard InChI is InChI=1S/C10H8N2O5S/c13-12(14)11-9-6-5-7-3-1-2-4-8(7)10(9)18(15,16)17/h1-6,11H,(H,15,16,17). The maximum absolute atomic E-state index is 11.3. The van der Waals surface area contributed by atoms with Crippen LogP contribution < -0.4 is 5.43 Å². The molecular formula is C10H8N2O5S. The van der Waals surface area contributed by atoms with Gasteiger partial charge in [0.05, 0.1) is 0 Å². The van der Waals surface area contributed by atoms with Crippen LogP contribution in [0, 0.1) is 10.1 Å². The van der Waals surface area contributed by atoms with E-state index >= 15 is 0 Å². The third-order valence-electron chi connectivity index (χ3n) is 2.35. The third-order valence-corrected chi connectivity index (χ3v) is 3.31. The van der Waals surface area contributed by atoms with E-state index in [9.17, 15) is 23.1 Å². The molecule has 94 valence electrons. The fourth-order valence-corrected chi connectivity index (χ4v) is 2.56. The van der Waals surface area contributed by atoms with Crippen LogP contribution in [-0.2, 0) is 10.1 Å². The Morgan fingerprint density at radius 3 is 2.44 bits per heavy atom. The first kappa shape index (κ1) is 12.3. The third kappa shape index (κ3) is 2.24. The van der Waals surface area contributed by atoms with Crippen molar-refractivity contribution >= 4 is 26.6 Å². The van der Waals surface area contributed by atoms with Crippen molar-refractivity contribution in [2.45, 2.75) is 4.90 Å². The van der Waals surface area contributed by atoms with E-state index in [0.29, 0.717) is 5.39 Å². The molecule has 0 unspecified atom stereocenters. The van der Waals surface area contributed by atoms with Gasteiger partial charge in [-0.1, -0.05) is 30.3 Å². The highest BCUT2D eigenvalue weighted by Crippen LogP contribution is 2.30. The first-order valence-corrected chi connectivity index (χ1v) is 6.24. The first-order valence-electron chi connectivity index (χ1n) is 4.80. The quantitative estimate of drug-likeness (QED) is 0.498. The Hall–Kier alpha value is -2.19. The molecule has 0 heterocycles. The number of nitrogens with one attached hydrogen (secondary N) is 1. The maximum atomic E-state index is 11.3. The molecule has 0 aliphatic carbocycles. The van der Waals surface area contributed by atoms with Crippen molar-refractivity contribution in [2.24, 2.45) is 0 Å². The highest BCUT2D eigenvalue weighted by atomic mass is 32.2. The summed E-state index contributed by atoms with van der Waals surface area (Å²) in [5.41, 5.74) is 1.48. The summed E-state index contributed by atoms with van der Waals surface area (Å²) >= 11 is 0. The number of benzene rings is 2. The number of fused-ring (bicyclic) bond motifs is 1. The summed E-state index contributed by atoms with van der Waals surface area (Å²) in [6, 6.07) is 9.12. The van der Waals surface area contributed by atoms with Gasteiger partial charge in [-0.3, -0.25) is 4.55 Å². The molecule has 0 spiro atoms. The topological polar surface area (TPSA) is 110 Å². The molecule has 7 nitrogen and oxygen atoms in total. The van der Waals surface area contributed by atoms with Crippen LogP contribution in [0.2, 0.25) is 0 Å². The predicted molar refractivity (Wildman–Crippen MR) is 64.4 cm³/mol. The summed E-state index contributed by atoms with van der Waals surface area (Å²) < 4.78 is 31.9. The van der Waals surface area contributed by atoms with Gasteiger partial charge in [0.2, 0.25) is 0 Å². The van der Waals surface area contributed by atoms with Crippen molar-refractivity contribution in [1.29, 1.82) is 0 Å². The molecule has 0 fully saturated rings. The van der Waals surface area contributed by atoms with E-state index in [0.717, 1.165) is 0 Å². The van der Waals surface area contributed by atoms with E-state index in [1.807, 2.05) is 0 Å². The van der Waals surface area contributed by atoms with Crippen LogP contribution in [0.4, 0.5) is 5.69 Å². The van der Waals surface area contributed by atoms with Gasteiger partial charge in [0.15, 0.2) is 5.03 Å². The summed E-state index contributed by atoms with van der Waals surface area (Å²) in [5, 5.41) is 10.3. The summed E-state index contributed by atoms with van der Waals surface area (Å²) in [4.78, 5) is 9.90. The molecule has 0 aliphatic heterocycles. The molecule has 0 saturated heterocycles. The molecule has 0 amide bonds. The Morgan fingerprint density at radius 1 is 1.17 bits per heavy atom. The van der Waals surface area contributed by atoms with Crippen molar-refractivity contribution in [3.05, 3.63) is 46.5 Å². The number of rotatable bonds is 3. The monoisotopic (exact) mass is 268 g/mol. The van der Waals surface area contributed by atoms with Crippen LogP contribution in [0.1, 0.15) is 0 Å². The largest absolute Gasteiger partial charge is 0.297 e. The van der Waals surface area contributed by atoms with Crippen molar-refractivity contribution in [1.82, 2.24) is 0 Å². The molecule has 2 rings (SSSR count). The van der Waals surface area contributed by atoms with E-state index in [1.54, 1.807) is 23.6 Å². The fraction of sp³-hybridized carbons (Fsp3) is 0. The number of nitro groups is 1. The highest BCUT2D eigenvalue weighted by Gasteiger charge is 2.21. The maximum Gasteiger partial charge on any atom is 0.297 e. The Labute approximate surface area is 102 Å². The molecule has 2 aromatic rings. The molecule has 0 bridgehead atoms. The SMILES string of the molecule is O=[N+]([O-])Nc1ccc2ccccc2c1S(=O)(=O)O. The lowest BCUT2D eigenvalue weighted by Gasteiger charge is -2.07. The number of anilines is 1. The normalized spacial score (nSPS) is 11.4. The van der Waals surface area contributed by atoms with Gasteiger partial charge in [-0.25, -0.2) is 10.1 Å². The summed E-state index contributed by atoms with van der Waals surface area (Å²) in [6.07, 6.45) is 0.